The van der Waals surface area contributed by atoms with Crippen LogP contribution in [0.15, 0.2) is 6.07 Å². The molecule has 1 aliphatic rings. The van der Waals surface area contributed by atoms with Crippen molar-refractivity contribution in [3.8, 4) is 0 Å². The van der Waals surface area contributed by atoms with Gasteiger partial charge in [-0.3, -0.25) is 4.68 Å². The highest BCUT2D eigenvalue weighted by atomic mass is 16.3. The maximum Gasteiger partial charge on any atom is 0.0984 e. The van der Waals surface area contributed by atoms with E-state index in [1.54, 1.807) is 4.68 Å². The van der Waals surface area contributed by atoms with E-state index in [4.69, 9.17) is 0 Å². The Hall–Kier alpha value is -0.830. The topological polar surface area (TPSA) is 38.0 Å². The summed E-state index contributed by atoms with van der Waals surface area (Å²) < 4.78 is 1.78. The average molecular weight is 166 g/mol. The van der Waals surface area contributed by atoms with Crippen LogP contribution in [-0.4, -0.2) is 14.9 Å². The van der Waals surface area contributed by atoms with Crippen molar-refractivity contribution in [1.29, 1.82) is 0 Å². The number of aliphatic hydroxyl groups excluding tert-OH is 1. The fraction of sp³-hybridized carbons (Fsp3) is 0.667. The summed E-state index contributed by atoms with van der Waals surface area (Å²) in [6.45, 7) is 1.95. The standard InChI is InChI=1S/C9H14N2O/c1-6-5-8(11(2)10-6)9(12)7-3-4-7/h5,7,9,12H,3-4H2,1-2H3. The molecule has 1 aromatic rings. The molecule has 1 saturated carbocycles. The molecular weight excluding hydrogens is 152 g/mol. The zero-order valence-electron chi connectivity index (χ0n) is 7.49. The fourth-order valence-corrected chi connectivity index (χ4v) is 1.56. The van der Waals surface area contributed by atoms with Crippen molar-refractivity contribution >= 4 is 0 Å². The summed E-state index contributed by atoms with van der Waals surface area (Å²) >= 11 is 0. The van der Waals surface area contributed by atoms with E-state index in [0.717, 1.165) is 24.2 Å². The molecule has 66 valence electrons. The van der Waals surface area contributed by atoms with Gasteiger partial charge in [-0.25, -0.2) is 0 Å². The van der Waals surface area contributed by atoms with Gasteiger partial charge in [-0.2, -0.15) is 5.10 Å². The summed E-state index contributed by atoms with van der Waals surface area (Å²) in [5.41, 5.74) is 1.93. The first-order valence-electron chi connectivity index (χ1n) is 4.37. The molecule has 1 aromatic heterocycles. The minimum atomic E-state index is -0.295. The Labute approximate surface area is 72.0 Å². The number of hydrogen-bond donors (Lipinski definition) is 1. The highest BCUT2D eigenvalue weighted by Crippen LogP contribution is 2.40. The minimum absolute atomic E-state index is 0.295. The first kappa shape index (κ1) is 7.80. The van der Waals surface area contributed by atoms with Crippen molar-refractivity contribution in [2.75, 3.05) is 0 Å². The van der Waals surface area contributed by atoms with E-state index < -0.39 is 0 Å². The molecule has 1 N–H and O–H groups in total. The Morgan fingerprint density at radius 1 is 1.67 bits per heavy atom. The van der Waals surface area contributed by atoms with Gasteiger partial charge in [0.2, 0.25) is 0 Å². The van der Waals surface area contributed by atoms with Crippen LogP contribution in [0.4, 0.5) is 0 Å². The van der Waals surface area contributed by atoms with Gasteiger partial charge in [-0.05, 0) is 31.7 Å². The lowest BCUT2D eigenvalue weighted by atomic mass is 10.1. The maximum atomic E-state index is 9.79. The van der Waals surface area contributed by atoms with E-state index >= 15 is 0 Å². The van der Waals surface area contributed by atoms with E-state index in [2.05, 4.69) is 5.10 Å². The van der Waals surface area contributed by atoms with Gasteiger partial charge in [0.1, 0.15) is 0 Å². The number of aryl methyl sites for hydroxylation is 2. The maximum absolute atomic E-state index is 9.79. The van der Waals surface area contributed by atoms with Gasteiger partial charge in [0.15, 0.2) is 0 Å². The first-order chi connectivity index (χ1) is 5.68. The van der Waals surface area contributed by atoms with Gasteiger partial charge in [-0.15, -0.1) is 0 Å². The van der Waals surface area contributed by atoms with Gasteiger partial charge in [-0.1, -0.05) is 0 Å². The molecule has 0 bridgehead atoms. The van der Waals surface area contributed by atoms with Crippen molar-refractivity contribution in [3.63, 3.8) is 0 Å². The Balaban J connectivity index is 2.25. The second-order valence-electron chi connectivity index (χ2n) is 3.62. The van der Waals surface area contributed by atoms with Crippen molar-refractivity contribution in [2.24, 2.45) is 13.0 Å². The van der Waals surface area contributed by atoms with Crippen LogP contribution in [-0.2, 0) is 7.05 Å². The lowest BCUT2D eigenvalue weighted by molar-refractivity contribution is 0.144. The SMILES string of the molecule is Cc1cc(C(O)C2CC2)n(C)n1. The smallest absolute Gasteiger partial charge is 0.0984 e. The van der Waals surface area contributed by atoms with Gasteiger partial charge >= 0.3 is 0 Å². The summed E-state index contributed by atoms with van der Waals surface area (Å²) in [7, 11) is 1.88. The summed E-state index contributed by atoms with van der Waals surface area (Å²) in [4.78, 5) is 0. The Kier molecular flexibility index (Phi) is 1.68. The van der Waals surface area contributed by atoms with Crippen LogP contribution in [0.5, 0.6) is 0 Å². The van der Waals surface area contributed by atoms with Crippen molar-refractivity contribution in [1.82, 2.24) is 9.78 Å². The number of aliphatic hydroxyl groups is 1. The minimum Gasteiger partial charge on any atom is -0.387 e. The zero-order chi connectivity index (χ0) is 8.72. The molecule has 1 heterocycles. The molecule has 0 aromatic carbocycles. The van der Waals surface area contributed by atoms with Crippen LogP contribution in [0.3, 0.4) is 0 Å². The van der Waals surface area contributed by atoms with Crippen molar-refractivity contribution in [2.45, 2.75) is 25.9 Å². The normalized spacial score (nSPS) is 19.6. The summed E-state index contributed by atoms with van der Waals surface area (Å²) in [5.74, 6) is 0.486. The lowest BCUT2D eigenvalue weighted by Crippen LogP contribution is -2.06. The van der Waals surface area contributed by atoms with Gasteiger partial charge in [0.25, 0.3) is 0 Å². The molecule has 1 unspecified atom stereocenters. The number of hydrogen-bond acceptors (Lipinski definition) is 2. The molecule has 0 spiro atoms. The Morgan fingerprint density at radius 2 is 2.33 bits per heavy atom. The first-order valence-corrected chi connectivity index (χ1v) is 4.37. The third-order valence-electron chi connectivity index (χ3n) is 2.41. The largest absolute Gasteiger partial charge is 0.387 e. The molecule has 0 radical (unpaired) electrons. The molecule has 1 atom stereocenters. The molecule has 0 saturated heterocycles. The molecule has 0 amide bonds. The number of nitrogens with zero attached hydrogens (tertiary/aromatic N) is 2. The third kappa shape index (κ3) is 1.25. The lowest BCUT2D eigenvalue weighted by Gasteiger charge is -2.08. The van der Waals surface area contributed by atoms with Crippen LogP contribution in [0.25, 0.3) is 0 Å². The van der Waals surface area contributed by atoms with E-state index in [0.29, 0.717) is 5.92 Å². The predicted molar refractivity (Wildman–Crippen MR) is 45.6 cm³/mol. The molecule has 1 aliphatic carbocycles. The van der Waals surface area contributed by atoms with Gasteiger partial charge in [0.05, 0.1) is 17.5 Å². The molecule has 2 rings (SSSR count). The summed E-state index contributed by atoms with van der Waals surface area (Å²) in [6.07, 6.45) is 2.02. The van der Waals surface area contributed by atoms with E-state index in [-0.39, 0.29) is 6.10 Å². The Morgan fingerprint density at radius 3 is 2.75 bits per heavy atom. The molecule has 3 nitrogen and oxygen atoms in total. The van der Waals surface area contributed by atoms with E-state index in [1.165, 1.54) is 0 Å². The van der Waals surface area contributed by atoms with Gasteiger partial charge in [0, 0.05) is 7.05 Å². The molecule has 1 fully saturated rings. The van der Waals surface area contributed by atoms with Crippen molar-refractivity contribution < 1.29 is 5.11 Å². The average Bonchev–Trinajstić information content (AvgIpc) is 2.77. The number of aromatic nitrogens is 2. The number of rotatable bonds is 2. The second kappa shape index (κ2) is 2.59. The van der Waals surface area contributed by atoms with Crippen LogP contribution in [0.1, 0.15) is 30.3 Å². The zero-order valence-corrected chi connectivity index (χ0v) is 7.49. The van der Waals surface area contributed by atoms with Crippen LogP contribution in [0.2, 0.25) is 0 Å². The molecule has 3 heteroatoms. The quantitative estimate of drug-likeness (QED) is 0.716. The van der Waals surface area contributed by atoms with Crippen LogP contribution in [0, 0.1) is 12.8 Å². The highest BCUT2D eigenvalue weighted by molar-refractivity contribution is 5.13. The monoisotopic (exact) mass is 166 g/mol. The van der Waals surface area contributed by atoms with Crippen molar-refractivity contribution in [3.05, 3.63) is 17.5 Å². The fourth-order valence-electron chi connectivity index (χ4n) is 1.56. The summed E-state index contributed by atoms with van der Waals surface area (Å²) in [6, 6.07) is 1.96. The van der Waals surface area contributed by atoms with E-state index in [1.807, 2.05) is 20.0 Å². The van der Waals surface area contributed by atoms with Crippen LogP contribution < -0.4 is 0 Å². The summed E-state index contributed by atoms with van der Waals surface area (Å²) in [5, 5.41) is 14.0. The molecule has 0 aliphatic heterocycles. The Bertz CT molecular complexity index is 289. The molecule has 12 heavy (non-hydrogen) atoms. The molecular formula is C9H14N2O. The predicted octanol–water partition coefficient (Wildman–Crippen LogP) is 1.17. The second-order valence-corrected chi connectivity index (χ2v) is 3.62. The third-order valence-corrected chi connectivity index (χ3v) is 2.41. The van der Waals surface area contributed by atoms with E-state index in [9.17, 15) is 5.11 Å². The van der Waals surface area contributed by atoms with Crippen LogP contribution >= 0.6 is 0 Å². The van der Waals surface area contributed by atoms with Gasteiger partial charge < -0.3 is 5.11 Å². The highest BCUT2D eigenvalue weighted by Gasteiger charge is 2.32.